The highest BCUT2D eigenvalue weighted by atomic mass is 16.3. The molecule has 0 aromatic heterocycles. The first kappa shape index (κ1) is 19.6. The molecule has 0 saturated carbocycles. The first-order chi connectivity index (χ1) is 13.6. The van der Waals surface area contributed by atoms with E-state index >= 15 is 0 Å². The summed E-state index contributed by atoms with van der Waals surface area (Å²) in [5.74, 6) is -1.63. The number of carbonyl (C=O) groups excluding carboxylic acids is 2. The fraction of sp³-hybridized carbons (Fsp3) is 0.217. The summed E-state index contributed by atoms with van der Waals surface area (Å²) in [5, 5.41) is 19.8. The van der Waals surface area contributed by atoms with Crippen molar-refractivity contribution in [1.82, 2.24) is 4.90 Å². The zero-order valence-electron chi connectivity index (χ0n) is 15.7. The van der Waals surface area contributed by atoms with Crippen LogP contribution in [0.2, 0.25) is 0 Å². The van der Waals surface area contributed by atoms with Gasteiger partial charge in [-0.05, 0) is 29.2 Å². The minimum atomic E-state index is -0.724. The predicted molar refractivity (Wildman–Crippen MR) is 107 cm³/mol. The normalized spacial score (nSPS) is 17.0. The molecule has 1 atom stereocenters. The zero-order chi connectivity index (χ0) is 20.1. The molecule has 2 aromatic carbocycles. The lowest BCUT2D eigenvalue weighted by molar-refractivity contribution is -0.129. The molecular weight excluding hydrogens is 354 g/mol. The molecule has 2 N–H and O–H groups in total. The Hall–Kier alpha value is -3.18. The summed E-state index contributed by atoms with van der Waals surface area (Å²) in [6, 6.07) is 16.2. The van der Waals surface area contributed by atoms with Crippen molar-refractivity contribution < 1.29 is 19.8 Å². The summed E-state index contributed by atoms with van der Waals surface area (Å²) in [7, 11) is 0. The molecule has 0 saturated heterocycles. The average Bonchev–Trinajstić information content (AvgIpc) is 2.98. The maximum atomic E-state index is 12.9. The van der Waals surface area contributed by atoms with Crippen LogP contribution in [0.25, 0.3) is 6.08 Å². The first-order valence-corrected chi connectivity index (χ1v) is 9.28. The molecule has 3 rings (SSSR count). The highest BCUT2D eigenvalue weighted by Gasteiger charge is 2.42. The maximum absolute atomic E-state index is 12.9. The molecule has 0 spiro atoms. The third-order valence-corrected chi connectivity index (χ3v) is 4.84. The smallest absolute Gasteiger partial charge is 0.290 e. The van der Waals surface area contributed by atoms with Gasteiger partial charge in [0.2, 0.25) is 0 Å². The Morgan fingerprint density at radius 3 is 2.39 bits per heavy atom. The van der Waals surface area contributed by atoms with Gasteiger partial charge in [-0.15, -0.1) is 0 Å². The van der Waals surface area contributed by atoms with Crippen LogP contribution in [-0.2, 0) is 16.0 Å². The third-order valence-electron chi connectivity index (χ3n) is 4.84. The van der Waals surface area contributed by atoms with E-state index in [1.807, 2.05) is 61.5 Å². The highest BCUT2D eigenvalue weighted by Crippen LogP contribution is 2.37. The van der Waals surface area contributed by atoms with Gasteiger partial charge in [0.1, 0.15) is 0 Å². The Balaban J connectivity index is 1.98. The number of hydrogen-bond donors (Lipinski definition) is 2. The minimum absolute atomic E-state index is 0.0300. The number of aliphatic hydroxyl groups is 2. The molecule has 0 aliphatic carbocycles. The lowest BCUT2D eigenvalue weighted by atomic mass is 9.94. The first-order valence-electron chi connectivity index (χ1n) is 9.28. The number of benzene rings is 2. The number of hydrogen-bond acceptors (Lipinski definition) is 4. The standard InChI is InChI=1S/C23H23NO4/c1-2-16-8-11-18(12-9-16)21-20(22(27)23(28)24(21)14-15-25)19(26)13-10-17-6-4-3-5-7-17/h3-13,21,25,27H,2,14-15H2,1H3/b13-10+. The van der Waals surface area contributed by atoms with Crippen LogP contribution in [-0.4, -0.2) is 40.0 Å². The van der Waals surface area contributed by atoms with Crippen molar-refractivity contribution in [2.45, 2.75) is 19.4 Å². The molecule has 1 amide bonds. The number of aliphatic hydroxyl groups excluding tert-OH is 2. The van der Waals surface area contributed by atoms with E-state index in [-0.39, 0.29) is 18.7 Å². The second kappa shape index (κ2) is 8.67. The predicted octanol–water partition coefficient (Wildman–Crippen LogP) is 3.22. The van der Waals surface area contributed by atoms with Crippen molar-refractivity contribution in [1.29, 1.82) is 0 Å². The lowest BCUT2D eigenvalue weighted by Gasteiger charge is -2.26. The van der Waals surface area contributed by atoms with E-state index in [4.69, 9.17) is 0 Å². The van der Waals surface area contributed by atoms with Gasteiger partial charge >= 0.3 is 0 Å². The maximum Gasteiger partial charge on any atom is 0.290 e. The van der Waals surface area contributed by atoms with E-state index in [0.29, 0.717) is 0 Å². The number of ketones is 1. The molecule has 5 nitrogen and oxygen atoms in total. The minimum Gasteiger partial charge on any atom is -0.503 e. The Bertz CT molecular complexity index is 913. The summed E-state index contributed by atoms with van der Waals surface area (Å²) in [6.07, 6.45) is 3.89. The van der Waals surface area contributed by atoms with E-state index in [9.17, 15) is 19.8 Å². The molecule has 1 heterocycles. The summed E-state index contributed by atoms with van der Waals surface area (Å²) in [6.45, 7) is 1.81. The topological polar surface area (TPSA) is 77.8 Å². The van der Waals surface area contributed by atoms with Crippen LogP contribution in [0, 0.1) is 0 Å². The van der Waals surface area contributed by atoms with Crippen LogP contribution >= 0.6 is 0 Å². The number of aryl methyl sites for hydroxylation is 1. The van der Waals surface area contributed by atoms with Gasteiger partial charge in [-0.25, -0.2) is 0 Å². The molecule has 144 valence electrons. The highest BCUT2D eigenvalue weighted by molar-refractivity contribution is 6.14. The van der Waals surface area contributed by atoms with Gasteiger partial charge in [-0.1, -0.05) is 67.6 Å². The Labute approximate surface area is 164 Å². The number of nitrogens with zero attached hydrogens (tertiary/aromatic N) is 1. The van der Waals surface area contributed by atoms with Crippen molar-refractivity contribution >= 4 is 17.8 Å². The molecule has 0 bridgehead atoms. The van der Waals surface area contributed by atoms with Gasteiger partial charge in [0.05, 0.1) is 18.2 Å². The van der Waals surface area contributed by atoms with Gasteiger partial charge in [0.15, 0.2) is 11.5 Å². The zero-order valence-corrected chi connectivity index (χ0v) is 15.7. The monoisotopic (exact) mass is 377 g/mol. The molecule has 1 unspecified atom stereocenters. The molecule has 2 aromatic rings. The van der Waals surface area contributed by atoms with Crippen molar-refractivity contribution in [3.05, 3.63) is 88.7 Å². The Kier molecular flexibility index (Phi) is 6.06. The fourth-order valence-corrected chi connectivity index (χ4v) is 3.35. The van der Waals surface area contributed by atoms with Gasteiger partial charge in [0.25, 0.3) is 5.91 Å². The van der Waals surface area contributed by atoms with Crippen LogP contribution in [0.3, 0.4) is 0 Å². The summed E-state index contributed by atoms with van der Waals surface area (Å²) in [5.41, 5.74) is 2.73. The molecule has 1 aliphatic rings. The molecule has 28 heavy (non-hydrogen) atoms. The van der Waals surface area contributed by atoms with Gasteiger partial charge in [-0.2, -0.15) is 0 Å². The largest absolute Gasteiger partial charge is 0.503 e. The van der Waals surface area contributed by atoms with E-state index in [1.54, 1.807) is 6.08 Å². The van der Waals surface area contributed by atoms with E-state index in [2.05, 4.69) is 0 Å². The van der Waals surface area contributed by atoms with Crippen LogP contribution < -0.4 is 0 Å². The van der Waals surface area contributed by atoms with Crippen LogP contribution in [0.4, 0.5) is 0 Å². The fourth-order valence-electron chi connectivity index (χ4n) is 3.35. The van der Waals surface area contributed by atoms with Crippen molar-refractivity contribution in [2.75, 3.05) is 13.2 Å². The second-order valence-corrected chi connectivity index (χ2v) is 6.59. The van der Waals surface area contributed by atoms with Crippen LogP contribution in [0.1, 0.15) is 29.7 Å². The van der Waals surface area contributed by atoms with Gasteiger partial charge in [0, 0.05) is 6.54 Å². The number of allylic oxidation sites excluding steroid dienone is 1. The van der Waals surface area contributed by atoms with E-state index in [0.717, 1.165) is 23.1 Å². The Morgan fingerprint density at radius 1 is 1.11 bits per heavy atom. The van der Waals surface area contributed by atoms with Crippen molar-refractivity contribution in [3.63, 3.8) is 0 Å². The summed E-state index contributed by atoms with van der Waals surface area (Å²) < 4.78 is 0. The SMILES string of the molecule is CCc1ccc(C2C(C(=O)/C=C/c3ccccc3)=C(O)C(=O)N2CCO)cc1. The third kappa shape index (κ3) is 3.89. The van der Waals surface area contributed by atoms with Crippen LogP contribution in [0.15, 0.2) is 72.0 Å². The summed E-state index contributed by atoms with van der Waals surface area (Å²) >= 11 is 0. The van der Waals surface area contributed by atoms with Gasteiger partial charge in [-0.3, -0.25) is 9.59 Å². The van der Waals surface area contributed by atoms with Crippen molar-refractivity contribution in [3.8, 4) is 0 Å². The quantitative estimate of drug-likeness (QED) is 0.727. The molecule has 0 fully saturated rings. The van der Waals surface area contributed by atoms with Crippen molar-refractivity contribution in [2.24, 2.45) is 0 Å². The average molecular weight is 377 g/mol. The number of carbonyl (C=O) groups is 2. The lowest BCUT2D eigenvalue weighted by Crippen LogP contribution is -2.33. The number of rotatable bonds is 7. The summed E-state index contributed by atoms with van der Waals surface area (Å²) in [4.78, 5) is 26.7. The molecular formula is C23H23NO4. The number of amides is 1. The van der Waals surface area contributed by atoms with Crippen LogP contribution in [0.5, 0.6) is 0 Å². The molecule has 1 aliphatic heterocycles. The molecule has 5 heteroatoms. The number of β-amino-alcohol motifs (C(OH)–C–C–N with tert-alkyl or cyclic N) is 1. The van der Waals surface area contributed by atoms with Gasteiger partial charge < -0.3 is 15.1 Å². The van der Waals surface area contributed by atoms with E-state index < -0.39 is 23.5 Å². The second-order valence-electron chi connectivity index (χ2n) is 6.59. The van der Waals surface area contributed by atoms with E-state index in [1.165, 1.54) is 11.0 Å². The molecule has 0 radical (unpaired) electrons. The Morgan fingerprint density at radius 2 is 1.79 bits per heavy atom.